The summed E-state index contributed by atoms with van der Waals surface area (Å²) in [4.78, 5) is 32.5. The molecule has 1 aromatic carbocycles. The van der Waals surface area contributed by atoms with Gasteiger partial charge in [-0.3, -0.25) is 9.48 Å². The summed E-state index contributed by atoms with van der Waals surface area (Å²) in [6.07, 6.45) is 9.39. The zero-order chi connectivity index (χ0) is 27.8. The van der Waals surface area contributed by atoms with Crippen LogP contribution in [0.5, 0.6) is 0 Å². The Balaban J connectivity index is 1.31. The molecule has 6 rings (SSSR count). The van der Waals surface area contributed by atoms with Gasteiger partial charge in [0.25, 0.3) is 5.91 Å². The van der Waals surface area contributed by atoms with Gasteiger partial charge in [0.2, 0.25) is 0 Å². The number of likely N-dealkylation sites (tertiary alicyclic amines) is 1. The first-order valence-corrected chi connectivity index (χ1v) is 14.0. The Morgan fingerprint density at radius 2 is 1.95 bits per heavy atom. The molecular formula is C30H33N7O3. The number of nitrogens with zero attached hydrogens (tertiary/aromatic N) is 7. The van der Waals surface area contributed by atoms with Crippen molar-refractivity contribution < 1.29 is 14.7 Å². The number of carboxylic acids is 1. The van der Waals surface area contributed by atoms with Gasteiger partial charge in [0.1, 0.15) is 5.56 Å². The van der Waals surface area contributed by atoms with Crippen molar-refractivity contribution in [2.75, 3.05) is 6.54 Å². The molecule has 1 saturated heterocycles. The SMILES string of the molecule is CCC[C@@H]1CCCCN1C(=O)c1cccc(-c2cccc(-n3ncc(C(=O)O)c3C3CC3c3cn(C)nn3)n2)c1. The van der Waals surface area contributed by atoms with Gasteiger partial charge in [-0.1, -0.05) is 36.8 Å². The van der Waals surface area contributed by atoms with Gasteiger partial charge in [-0.05, 0) is 56.4 Å². The Kier molecular flexibility index (Phi) is 6.91. The normalized spacial score (nSPS) is 20.4. The predicted molar refractivity (Wildman–Crippen MR) is 148 cm³/mol. The molecule has 206 valence electrons. The van der Waals surface area contributed by atoms with E-state index in [-0.39, 0.29) is 23.3 Å². The first-order chi connectivity index (χ1) is 19.4. The number of amides is 1. The molecule has 0 bridgehead atoms. The first kappa shape index (κ1) is 25.9. The van der Waals surface area contributed by atoms with E-state index in [1.807, 2.05) is 60.6 Å². The minimum Gasteiger partial charge on any atom is -0.478 e. The number of aromatic nitrogens is 6. The monoisotopic (exact) mass is 539 g/mol. The standard InChI is InChI=1S/C30H33N7O3/c1-3-8-21-11-4-5-14-36(21)29(38)20-10-6-9-19(15-20)25-12-7-13-27(32-25)37-28(24(17-31-37)30(39)40)23-16-22(23)26-18-35(2)34-33-26/h6-7,9-10,12-13,15,17-18,21-23H,3-5,8,11,14,16H2,1-2H3,(H,39,40)/t21-,22?,23?/m1/s1. The molecule has 40 heavy (non-hydrogen) atoms. The highest BCUT2D eigenvalue weighted by Crippen LogP contribution is 2.55. The van der Waals surface area contributed by atoms with E-state index in [1.165, 1.54) is 12.6 Å². The van der Waals surface area contributed by atoms with Crippen molar-refractivity contribution in [3.05, 3.63) is 77.4 Å². The number of carboxylic acid groups (broad SMARTS) is 1. The van der Waals surface area contributed by atoms with Crippen LogP contribution >= 0.6 is 0 Å². The van der Waals surface area contributed by atoms with Crippen molar-refractivity contribution in [3.63, 3.8) is 0 Å². The molecule has 0 spiro atoms. The molecule has 4 heterocycles. The fourth-order valence-electron chi connectivity index (χ4n) is 6.00. The van der Waals surface area contributed by atoms with Crippen LogP contribution in [0.4, 0.5) is 0 Å². The van der Waals surface area contributed by atoms with Gasteiger partial charge in [-0.2, -0.15) is 5.10 Å². The molecular weight excluding hydrogens is 506 g/mol. The van der Waals surface area contributed by atoms with Crippen LogP contribution in [0.2, 0.25) is 0 Å². The number of hydrogen-bond donors (Lipinski definition) is 1. The molecule has 0 radical (unpaired) electrons. The van der Waals surface area contributed by atoms with Gasteiger partial charge in [0.15, 0.2) is 5.82 Å². The molecule has 2 aliphatic rings. The minimum atomic E-state index is -1.02. The van der Waals surface area contributed by atoms with Crippen molar-refractivity contribution in [2.24, 2.45) is 7.05 Å². The van der Waals surface area contributed by atoms with Crippen molar-refractivity contribution in [3.8, 4) is 17.1 Å². The van der Waals surface area contributed by atoms with Gasteiger partial charge in [-0.15, -0.1) is 5.10 Å². The summed E-state index contributed by atoms with van der Waals surface area (Å²) in [6, 6.07) is 13.5. The molecule has 10 nitrogen and oxygen atoms in total. The van der Waals surface area contributed by atoms with E-state index in [4.69, 9.17) is 4.98 Å². The van der Waals surface area contributed by atoms with Crippen LogP contribution in [0.25, 0.3) is 17.1 Å². The number of aryl methyl sites for hydroxylation is 1. The molecule has 4 aromatic rings. The average Bonchev–Trinajstić information content (AvgIpc) is 3.41. The topological polar surface area (TPSA) is 119 Å². The van der Waals surface area contributed by atoms with E-state index in [9.17, 15) is 14.7 Å². The molecule has 1 aliphatic carbocycles. The average molecular weight is 540 g/mol. The Morgan fingerprint density at radius 3 is 2.73 bits per heavy atom. The van der Waals surface area contributed by atoms with Crippen molar-refractivity contribution in [2.45, 2.75) is 63.3 Å². The lowest BCUT2D eigenvalue weighted by molar-refractivity contribution is 0.0600. The maximum atomic E-state index is 13.5. The smallest absolute Gasteiger partial charge is 0.339 e. The molecule has 2 fully saturated rings. The van der Waals surface area contributed by atoms with Crippen LogP contribution in [-0.2, 0) is 7.05 Å². The lowest BCUT2D eigenvalue weighted by Crippen LogP contribution is -2.43. The van der Waals surface area contributed by atoms with Crippen molar-refractivity contribution in [1.29, 1.82) is 0 Å². The number of carbonyl (C=O) groups excluding carboxylic acids is 1. The third kappa shape index (κ3) is 4.89. The van der Waals surface area contributed by atoms with E-state index in [0.29, 0.717) is 28.8 Å². The molecule has 2 unspecified atom stereocenters. The zero-order valence-electron chi connectivity index (χ0n) is 22.8. The van der Waals surface area contributed by atoms with E-state index in [1.54, 1.807) is 9.36 Å². The molecule has 1 N–H and O–H groups in total. The number of carbonyl (C=O) groups is 2. The summed E-state index contributed by atoms with van der Waals surface area (Å²) in [5.41, 5.74) is 3.80. The summed E-state index contributed by atoms with van der Waals surface area (Å²) in [5.74, 6) is -0.384. The lowest BCUT2D eigenvalue weighted by atomic mass is 9.96. The highest BCUT2D eigenvalue weighted by atomic mass is 16.4. The van der Waals surface area contributed by atoms with Gasteiger partial charge < -0.3 is 10.0 Å². The van der Waals surface area contributed by atoms with Gasteiger partial charge >= 0.3 is 5.97 Å². The van der Waals surface area contributed by atoms with E-state index in [0.717, 1.165) is 49.9 Å². The van der Waals surface area contributed by atoms with Crippen molar-refractivity contribution >= 4 is 11.9 Å². The first-order valence-electron chi connectivity index (χ1n) is 14.0. The molecule has 1 saturated carbocycles. The lowest BCUT2D eigenvalue weighted by Gasteiger charge is -2.36. The van der Waals surface area contributed by atoms with E-state index >= 15 is 0 Å². The summed E-state index contributed by atoms with van der Waals surface area (Å²) < 4.78 is 3.28. The fraction of sp³-hybridized carbons (Fsp3) is 0.400. The number of hydrogen-bond acceptors (Lipinski definition) is 6. The highest BCUT2D eigenvalue weighted by molar-refractivity contribution is 5.95. The molecule has 10 heteroatoms. The largest absolute Gasteiger partial charge is 0.478 e. The Morgan fingerprint density at radius 1 is 1.10 bits per heavy atom. The summed E-state index contributed by atoms with van der Waals surface area (Å²) >= 11 is 0. The van der Waals surface area contributed by atoms with Crippen molar-refractivity contribution in [1.82, 2.24) is 34.7 Å². The van der Waals surface area contributed by atoms with Gasteiger partial charge in [0.05, 0.1) is 23.3 Å². The second-order valence-corrected chi connectivity index (χ2v) is 10.8. The Bertz CT molecular complexity index is 1560. The van der Waals surface area contributed by atoms with E-state index in [2.05, 4.69) is 22.3 Å². The van der Waals surface area contributed by atoms with Crippen LogP contribution in [0, 0.1) is 0 Å². The number of aromatic carboxylic acids is 1. The number of piperidine rings is 1. The quantitative estimate of drug-likeness (QED) is 0.341. The Labute approximate surface area is 232 Å². The highest BCUT2D eigenvalue weighted by Gasteiger charge is 2.46. The van der Waals surface area contributed by atoms with Crippen LogP contribution in [-0.4, -0.2) is 64.2 Å². The summed E-state index contributed by atoms with van der Waals surface area (Å²) in [7, 11) is 1.81. The maximum absolute atomic E-state index is 13.5. The maximum Gasteiger partial charge on any atom is 0.339 e. The number of rotatable bonds is 8. The third-order valence-corrected chi connectivity index (χ3v) is 8.05. The van der Waals surface area contributed by atoms with Gasteiger partial charge in [0, 0.05) is 48.8 Å². The summed E-state index contributed by atoms with van der Waals surface area (Å²) in [5, 5.41) is 22.6. The predicted octanol–water partition coefficient (Wildman–Crippen LogP) is 4.83. The fourth-order valence-corrected chi connectivity index (χ4v) is 6.00. The molecule has 3 atom stereocenters. The van der Waals surface area contributed by atoms with Crippen LogP contribution in [0.3, 0.4) is 0 Å². The molecule has 1 amide bonds. The Hall–Kier alpha value is -4.34. The number of pyridine rings is 1. The third-order valence-electron chi connectivity index (χ3n) is 8.05. The summed E-state index contributed by atoms with van der Waals surface area (Å²) in [6.45, 7) is 2.96. The minimum absolute atomic E-state index is 0.0442. The van der Waals surface area contributed by atoms with Crippen LogP contribution in [0.15, 0.2) is 54.9 Å². The van der Waals surface area contributed by atoms with Crippen LogP contribution < -0.4 is 0 Å². The second-order valence-electron chi connectivity index (χ2n) is 10.8. The van der Waals surface area contributed by atoms with Crippen LogP contribution in [0.1, 0.15) is 89.4 Å². The van der Waals surface area contributed by atoms with E-state index < -0.39 is 5.97 Å². The zero-order valence-corrected chi connectivity index (χ0v) is 22.8. The second kappa shape index (κ2) is 10.7. The molecule has 3 aromatic heterocycles. The van der Waals surface area contributed by atoms with Gasteiger partial charge in [-0.25, -0.2) is 14.5 Å². The molecule has 1 aliphatic heterocycles. The number of benzene rings is 1.